The quantitative estimate of drug-likeness (QED) is 0.399. The van der Waals surface area contributed by atoms with E-state index in [1.165, 1.54) is 6.07 Å². The molecular formula is C16H27NO4. The van der Waals surface area contributed by atoms with Crippen LogP contribution < -0.4 is 5.32 Å². The molecule has 5 nitrogen and oxygen atoms in total. The Balaban J connectivity index is 2.20. The fourth-order valence-electron chi connectivity index (χ4n) is 2.19. The molecule has 1 atom stereocenters. The highest BCUT2D eigenvalue weighted by molar-refractivity contribution is 5.36. The number of unbranched alkanes of at least 4 members (excludes halogenated alkanes) is 4. The molecule has 1 aromatic rings. The van der Waals surface area contributed by atoms with E-state index in [4.69, 9.17) is 10.2 Å². The molecule has 1 aromatic carbocycles. The molecule has 21 heavy (non-hydrogen) atoms. The van der Waals surface area contributed by atoms with Crippen molar-refractivity contribution in [1.82, 2.24) is 5.32 Å². The normalized spacial score (nSPS) is 12.5. The third-order valence-electron chi connectivity index (χ3n) is 3.51. The number of phenols is 1. The molecule has 0 spiro atoms. The molecule has 0 fully saturated rings. The number of aliphatic hydroxyl groups excluding tert-OH is 3. The topological polar surface area (TPSA) is 93.0 Å². The summed E-state index contributed by atoms with van der Waals surface area (Å²) in [5.74, 6) is 0.0456. The van der Waals surface area contributed by atoms with Crippen LogP contribution in [0.1, 0.15) is 49.3 Å². The Morgan fingerprint density at radius 1 is 1.00 bits per heavy atom. The largest absolute Gasteiger partial charge is 0.508 e. The molecule has 0 aliphatic rings. The minimum absolute atomic E-state index is 0.0456. The lowest BCUT2D eigenvalue weighted by molar-refractivity contribution is 0.174. The summed E-state index contributed by atoms with van der Waals surface area (Å²) in [5.41, 5.74) is 1.11. The molecule has 0 radical (unpaired) electrons. The monoisotopic (exact) mass is 297 g/mol. The Labute approximate surface area is 126 Å². The number of benzene rings is 1. The summed E-state index contributed by atoms with van der Waals surface area (Å²) in [4.78, 5) is 0. The van der Waals surface area contributed by atoms with E-state index in [2.05, 4.69) is 5.32 Å². The van der Waals surface area contributed by atoms with E-state index < -0.39 is 6.10 Å². The lowest BCUT2D eigenvalue weighted by Gasteiger charge is -2.13. The van der Waals surface area contributed by atoms with Gasteiger partial charge >= 0.3 is 0 Å². The predicted molar refractivity (Wildman–Crippen MR) is 82.0 cm³/mol. The van der Waals surface area contributed by atoms with Gasteiger partial charge in [-0.2, -0.15) is 0 Å². The Bertz CT molecular complexity index is 398. The molecule has 0 saturated carbocycles. The van der Waals surface area contributed by atoms with Crippen molar-refractivity contribution in [3.05, 3.63) is 29.3 Å². The maximum Gasteiger partial charge on any atom is 0.121 e. The molecule has 0 aromatic heterocycles. The van der Waals surface area contributed by atoms with Gasteiger partial charge in [-0.15, -0.1) is 0 Å². The minimum atomic E-state index is -0.648. The minimum Gasteiger partial charge on any atom is -0.508 e. The second kappa shape index (κ2) is 10.6. The summed E-state index contributed by atoms with van der Waals surface area (Å²) in [6, 6.07) is 4.78. The van der Waals surface area contributed by atoms with E-state index in [0.29, 0.717) is 17.7 Å². The zero-order chi connectivity index (χ0) is 15.5. The Morgan fingerprint density at radius 2 is 1.71 bits per heavy atom. The predicted octanol–water partition coefficient (Wildman–Crippen LogP) is 1.45. The van der Waals surface area contributed by atoms with Gasteiger partial charge in [0.25, 0.3) is 0 Å². The number of rotatable bonds is 11. The first kappa shape index (κ1) is 17.9. The maximum absolute atomic E-state index is 10.1. The molecule has 1 rings (SSSR count). The fourth-order valence-corrected chi connectivity index (χ4v) is 2.19. The van der Waals surface area contributed by atoms with Crippen LogP contribution in [0.15, 0.2) is 18.2 Å². The second-order valence-corrected chi connectivity index (χ2v) is 5.26. The van der Waals surface area contributed by atoms with E-state index in [1.807, 2.05) is 0 Å². The second-order valence-electron chi connectivity index (χ2n) is 5.26. The van der Waals surface area contributed by atoms with Crippen LogP contribution in [-0.2, 0) is 6.61 Å². The van der Waals surface area contributed by atoms with Gasteiger partial charge in [-0.25, -0.2) is 0 Å². The van der Waals surface area contributed by atoms with Gasteiger partial charge < -0.3 is 25.7 Å². The van der Waals surface area contributed by atoms with Gasteiger partial charge in [0, 0.05) is 18.7 Å². The highest BCUT2D eigenvalue weighted by Crippen LogP contribution is 2.22. The summed E-state index contributed by atoms with van der Waals surface area (Å²) in [7, 11) is 0. The van der Waals surface area contributed by atoms with E-state index in [0.717, 1.165) is 38.6 Å². The van der Waals surface area contributed by atoms with Crippen molar-refractivity contribution in [1.29, 1.82) is 0 Å². The lowest BCUT2D eigenvalue weighted by Crippen LogP contribution is -2.22. The van der Waals surface area contributed by atoms with Gasteiger partial charge in [-0.1, -0.05) is 25.3 Å². The molecular weight excluding hydrogens is 270 g/mol. The Hall–Kier alpha value is -1.14. The van der Waals surface area contributed by atoms with Crippen LogP contribution in [0, 0.1) is 0 Å². The van der Waals surface area contributed by atoms with Crippen molar-refractivity contribution in [3.63, 3.8) is 0 Å². The van der Waals surface area contributed by atoms with Crippen LogP contribution in [0.2, 0.25) is 0 Å². The first-order chi connectivity index (χ1) is 10.2. The summed E-state index contributed by atoms with van der Waals surface area (Å²) < 4.78 is 0. The summed E-state index contributed by atoms with van der Waals surface area (Å²) in [6.07, 6.45) is 4.59. The van der Waals surface area contributed by atoms with Crippen LogP contribution in [0.5, 0.6) is 5.75 Å². The molecule has 0 aliphatic carbocycles. The third kappa shape index (κ3) is 6.91. The fraction of sp³-hybridized carbons (Fsp3) is 0.625. The standard InChI is InChI=1S/C16H27NO4/c18-9-5-3-1-2-4-8-17-11-16(21)13-6-7-15(20)14(10-13)12-19/h6-7,10,16-21H,1-5,8-9,11-12H2. The number of nitrogens with one attached hydrogen (secondary N) is 1. The Kier molecular flexibility index (Phi) is 9.01. The van der Waals surface area contributed by atoms with E-state index in [1.54, 1.807) is 12.1 Å². The van der Waals surface area contributed by atoms with Gasteiger partial charge in [0.2, 0.25) is 0 Å². The van der Waals surface area contributed by atoms with Crippen molar-refractivity contribution >= 4 is 0 Å². The molecule has 0 amide bonds. The van der Waals surface area contributed by atoms with Crippen molar-refractivity contribution in [2.45, 2.75) is 44.8 Å². The molecule has 5 N–H and O–H groups in total. The van der Waals surface area contributed by atoms with Crippen LogP contribution in [0.4, 0.5) is 0 Å². The average Bonchev–Trinajstić information content (AvgIpc) is 2.50. The molecule has 0 saturated heterocycles. The van der Waals surface area contributed by atoms with Gasteiger partial charge in [-0.3, -0.25) is 0 Å². The zero-order valence-corrected chi connectivity index (χ0v) is 12.5. The van der Waals surface area contributed by atoms with Gasteiger partial charge in [-0.05, 0) is 37.1 Å². The highest BCUT2D eigenvalue weighted by Gasteiger charge is 2.09. The van der Waals surface area contributed by atoms with E-state index >= 15 is 0 Å². The summed E-state index contributed by atoms with van der Waals surface area (Å²) in [5, 5.41) is 40.5. The van der Waals surface area contributed by atoms with Crippen LogP contribution in [0.3, 0.4) is 0 Å². The van der Waals surface area contributed by atoms with Gasteiger partial charge in [0.05, 0.1) is 12.7 Å². The van der Waals surface area contributed by atoms with Crippen LogP contribution >= 0.6 is 0 Å². The van der Waals surface area contributed by atoms with Crippen molar-refractivity contribution in [2.75, 3.05) is 19.7 Å². The van der Waals surface area contributed by atoms with Gasteiger partial charge in [0.15, 0.2) is 0 Å². The lowest BCUT2D eigenvalue weighted by atomic mass is 10.1. The molecule has 0 bridgehead atoms. The molecule has 1 unspecified atom stereocenters. The molecule has 120 valence electrons. The van der Waals surface area contributed by atoms with E-state index in [-0.39, 0.29) is 19.0 Å². The number of hydrogen-bond acceptors (Lipinski definition) is 5. The Morgan fingerprint density at radius 3 is 2.43 bits per heavy atom. The molecule has 0 aliphatic heterocycles. The van der Waals surface area contributed by atoms with Gasteiger partial charge in [0.1, 0.15) is 5.75 Å². The first-order valence-electron chi connectivity index (χ1n) is 7.61. The van der Waals surface area contributed by atoms with Crippen LogP contribution in [-0.4, -0.2) is 40.1 Å². The summed E-state index contributed by atoms with van der Waals surface area (Å²) in [6.45, 7) is 1.33. The number of aliphatic hydroxyl groups is 3. The van der Waals surface area contributed by atoms with Crippen molar-refractivity contribution < 1.29 is 20.4 Å². The molecule has 0 heterocycles. The number of hydrogen-bond donors (Lipinski definition) is 5. The summed E-state index contributed by atoms with van der Waals surface area (Å²) >= 11 is 0. The SMILES string of the molecule is OCCCCCCCNCC(O)c1ccc(O)c(CO)c1. The van der Waals surface area contributed by atoms with Crippen LogP contribution in [0.25, 0.3) is 0 Å². The maximum atomic E-state index is 10.1. The highest BCUT2D eigenvalue weighted by atomic mass is 16.3. The third-order valence-corrected chi connectivity index (χ3v) is 3.51. The van der Waals surface area contributed by atoms with Crippen molar-refractivity contribution in [2.24, 2.45) is 0 Å². The van der Waals surface area contributed by atoms with Crippen molar-refractivity contribution in [3.8, 4) is 5.75 Å². The zero-order valence-electron chi connectivity index (χ0n) is 12.5. The molecule has 5 heteroatoms. The van der Waals surface area contributed by atoms with E-state index in [9.17, 15) is 10.2 Å². The number of aromatic hydroxyl groups is 1. The first-order valence-corrected chi connectivity index (χ1v) is 7.61. The smallest absolute Gasteiger partial charge is 0.121 e. The average molecular weight is 297 g/mol.